The smallest absolute Gasteiger partial charge is 0.339 e. The number of thiazole rings is 1. The molecular weight excluding hydrogens is 569 g/mol. The lowest BCUT2D eigenvalue weighted by molar-refractivity contribution is 0.0697. The number of hydrogen-bond donors (Lipinski definition) is 2. The van der Waals surface area contributed by atoms with Crippen molar-refractivity contribution in [2.45, 2.75) is 20.3 Å². The summed E-state index contributed by atoms with van der Waals surface area (Å²) in [6, 6.07) is 11.6. The highest BCUT2D eigenvalue weighted by Gasteiger charge is 2.19. The van der Waals surface area contributed by atoms with Gasteiger partial charge in [0.15, 0.2) is 5.13 Å². The van der Waals surface area contributed by atoms with E-state index in [9.17, 15) is 9.90 Å². The zero-order chi connectivity index (χ0) is 23.5. The van der Waals surface area contributed by atoms with Crippen LogP contribution in [0.4, 0.5) is 10.9 Å². The molecule has 0 amide bonds. The van der Waals surface area contributed by atoms with Gasteiger partial charge in [0.25, 0.3) is 0 Å². The number of rotatable bonds is 8. The van der Waals surface area contributed by atoms with Gasteiger partial charge in [-0.15, -0.1) is 22.7 Å². The Labute approximate surface area is 213 Å². The monoisotopic (exact) mass is 591 g/mol. The van der Waals surface area contributed by atoms with Crippen molar-refractivity contribution in [2.24, 2.45) is 5.92 Å². The number of aromatic nitrogens is 2. The minimum Gasteiger partial charge on any atom is -0.496 e. The van der Waals surface area contributed by atoms with Crippen LogP contribution >= 0.6 is 45.3 Å². The molecule has 170 valence electrons. The molecule has 3 aromatic heterocycles. The van der Waals surface area contributed by atoms with Crippen molar-refractivity contribution in [1.82, 2.24) is 9.97 Å². The van der Waals surface area contributed by atoms with Crippen molar-refractivity contribution in [3.8, 4) is 27.4 Å². The van der Waals surface area contributed by atoms with E-state index < -0.39 is 5.97 Å². The first-order chi connectivity index (χ1) is 15.9. The van der Waals surface area contributed by atoms with E-state index in [1.807, 2.05) is 35.7 Å². The molecule has 0 radical (unpaired) electrons. The number of halogens is 1. The van der Waals surface area contributed by atoms with Gasteiger partial charge < -0.3 is 15.2 Å². The average Bonchev–Trinajstić information content (AvgIpc) is 3.44. The molecule has 0 unspecified atom stereocenters. The second-order valence-electron chi connectivity index (χ2n) is 7.77. The Morgan fingerprint density at radius 2 is 2.06 bits per heavy atom. The first-order valence-corrected chi connectivity index (χ1v) is 13.0. The topological polar surface area (TPSA) is 84.3 Å². The van der Waals surface area contributed by atoms with Gasteiger partial charge in [0, 0.05) is 27.1 Å². The molecule has 33 heavy (non-hydrogen) atoms. The molecule has 0 aliphatic carbocycles. The number of ether oxygens (including phenoxy) is 1. The summed E-state index contributed by atoms with van der Waals surface area (Å²) in [5, 5.41) is 15.5. The second-order valence-corrected chi connectivity index (χ2v) is 11.0. The van der Waals surface area contributed by atoms with Crippen LogP contribution in [0.15, 0.2) is 48.0 Å². The van der Waals surface area contributed by atoms with Crippen LogP contribution in [0, 0.1) is 9.49 Å². The normalized spacial score (nSPS) is 11.1. The van der Waals surface area contributed by atoms with Crippen LogP contribution in [0.1, 0.15) is 29.1 Å². The number of carboxylic acid groups (broad SMARTS) is 1. The van der Waals surface area contributed by atoms with Gasteiger partial charge in [-0.3, -0.25) is 0 Å². The molecule has 0 saturated heterocycles. The third-order valence-corrected chi connectivity index (χ3v) is 7.67. The van der Waals surface area contributed by atoms with Gasteiger partial charge in [-0.05, 0) is 64.6 Å². The first-order valence-electron chi connectivity index (χ1n) is 10.2. The van der Waals surface area contributed by atoms with E-state index in [4.69, 9.17) is 9.72 Å². The minimum absolute atomic E-state index is 0.110. The molecular formula is C24H22IN3O3S2. The largest absolute Gasteiger partial charge is 0.496 e. The zero-order valence-electron chi connectivity index (χ0n) is 18.3. The summed E-state index contributed by atoms with van der Waals surface area (Å²) in [6.45, 7) is 4.33. The predicted octanol–water partition coefficient (Wildman–Crippen LogP) is 7.19. The predicted molar refractivity (Wildman–Crippen MR) is 143 cm³/mol. The first kappa shape index (κ1) is 23.7. The number of benzene rings is 1. The Kier molecular flexibility index (Phi) is 7.30. The van der Waals surface area contributed by atoms with E-state index in [0.29, 0.717) is 11.0 Å². The molecule has 0 aliphatic rings. The van der Waals surface area contributed by atoms with Crippen LogP contribution in [0.25, 0.3) is 21.7 Å². The Morgan fingerprint density at radius 3 is 2.73 bits per heavy atom. The average molecular weight is 591 g/mol. The molecule has 0 saturated carbocycles. The highest BCUT2D eigenvalue weighted by Crippen LogP contribution is 2.37. The molecule has 4 rings (SSSR count). The fourth-order valence-electron chi connectivity index (χ4n) is 3.35. The Hall–Kier alpha value is -2.50. The molecule has 2 N–H and O–H groups in total. The molecule has 4 aromatic rings. The molecule has 0 fully saturated rings. The molecule has 3 heterocycles. The van der Waals surface area contributed by atoms with E-state index in [0.717, 1.165) is 42.3 Å². The highest BCUT2D eigenvalue weighted by molar-refractivity contribution is 14.1. The number of hydrogen-bond acceptors (Lipinski definition) is 7. The quantitative estimate of drug-likeness (QED) is 0.211. The van der Waals surface area contributed by atoms with Crippen LogP contribution in [-0.2, 0) is 6.42 Å². The molecule has 1 aromatic carbocycles. The van der Waals surface area contributed by atoms with Crippen molar-refractivity contribution >= 4 is 62.2 Å². The summed E-state index contributed by atoms with van der Waals surface area (Å²) in [5.74, 6) is 0.482. The zero-order valence-corrected chi connectivity index (χ0v) is 22.0. The molecule has 6 nitrogen and oxygen atoms in total. The second kappa shape index (κ2) is 10.2. The minimum atomic E-state index is -1.04. The van der Waals surface area contributed by atoms with Crippen molar-refractivity contribution in [3.05, 3.63) is 62.0 Å². The number of pyridine rings is 1. The van der Waals surface area contributed by atoms with Gasteiger partial charge in [0.2, 0.25) is 0 Å². The maximum Gasteiger partial charge on any atom is 0.339 e. The number of anilines is 2. The van der Waals surface area contributed by atoms with Gasteiger partial charge in [-0.25, -0.2) is 14.8 Å². The molecule has 0 spiro atoms. The number of carboxylic acids is 1. The summed E-state index contributed by atoms with van der Waals surface area (Å²) in [6.07, 6.45) is 2.55. The van der Waals surface area contributed by atoms with Crippen molar-refractivity contribution in [3.63, 3.8) is 0 Å². The van der Waals surface area contributed by atoms with Crippen LogP contribution in [0.2, 0.25) is 0 Å². The van der Waals surface area contributed by atoms with Gasteiger partial charge in [0.1, 0.15) is 17.1 Å². The van der Waals surface area contributed by atoms with Crippen molar-refractivity contribution in [1.29, 1.82) is 0 Å². The molecule has 9 heteroatoms. The highest BCUT2D eigenvalue weighted by atomic mass is 127. The lowest BCUT2D eigenvalue weighted by Crippen LogP contribution is -2.05. The van der Waals surface area contributed by atoms with Gasteiger partial charge >= 0.3 is 5.97 Å². The lowest BCUT2D eigenvalue weighted by Gasteiger charge is -2.08. The third-order valence-electron chi connectivity index (χ3n) is 4.86. The summed E-state index contributed by atoms with van der Waals surface area (Å²) < 4.78 is 6.52. The van der Waals surface area contributed by atoms with Crippen LogP contribution in [0.5, 0.6) is 5.75 Å². The summed E-state index contributed by atoms with van der Waals surface area (Å²) in [7, 11) is 1.66. The summed E-state index contributed by atoms with van der Waals surface area (Å²) in [4.78, 5) is 23.3. The number of nitrogens with zero attached hydrogens (tertiary/aromatic N) is 2. The van der Waals surface area contributed by atoms with Gasteiger partial charge in [-0.2, -0.15) is 0 Å². The van der Waals surface area contributed by atoms with Crippen LogP contribution < -0.4 is 10.1 Å². The Balaban J connectivity index is 1.72. The van der Waals surface area contributed by atoms with E-state index in [-0.39, 0.29) is 11.4 Å². The number of carbonyl (C=O) groups is 1. The summed E-state index contributed by atoms with van der Waals surface area (Å²) in [5.41, 5.74) is 2.72. The van der Waals surface area contributed by atoms with Crippen molar-refractivity contribution < 1.29 is 14.6 Å². The van der Waals surface area contributed by atoms with E-state index in [1.165, 1.54) is 11.3 Å². The SMILES string of the molecule is COc1cc(-c2nc(Nc3ncc(-c4cccs4)cc3C(=O)O)sc2CC(C)C)ccc1I. The molecule has 0 atom stereocenters. The number of methoxy groups -OCH3 is 1. The standard InChI is InChI=1S/C24H22IN3O3S2/c1-13(2)9-20-21(14-6-7-17(25)18(11-14)31-3)27-24(33-20)28-22-16(23(29)30)10-15(12-26-22)19-5-4-8-32-19/h4-8,10-13H,9H2,1-3H3,(H,29,30)(H,26,27,28). The van der Waals surface area contributed by atoms with Crippen molar-refractivity contribution in [2.75, 3.05) is 12.4 Å². The maximum atomic E-state index is 12.0. The maximum absolute atomic E-state index is 12.0. The van der Waals surface area contributed by atoms with E-state index >= 15 is 0 Å². The fraction of sp³-hybridized carbons (Fsp3) is 0.208. The fourth-order valence-corrected chi connectivity index (χ4v) is 5.81. The number of aromatic carboxylic acids is 1. The van der Waals surface area contributed by atoms with Crippen LogP contribution in [-0.4, -0.2) is 28.2 Å². The van der Waals surface area contributed by atoms with E-state index in [2.05, 4.69) is 46.7 Å². The van der Waals surface area contributed by atoms with E-state index in [1.54, 1.807) is 30.7 Å². The number of nitrogens with one attached hydrogen (secondary N) is 1. The third kappa shape index (κ3) is 5.36. The Bertz CT molecular complexity index is 1290. The van der Waals surface area contributed by atoms with Gasteiger partial charge in [-0.1, -0.05) is 26.0 Å². The molecule has 0 aliphatic heterocycles. The molecule has 0 bridgehead atoms. The number of thiophene rings is 1. The van der Waals surface area contributed by atoms with Crippen LogP contribution in [0.3, 0.4) is 0 Å². The Morgan fingerprint density at radius 1 is 1.24 bits per heavy atom. The lowest BCUT2D eigenvalue weighted by atomic mass is 10.0. The summed E-state index contributed by atoms with van der Waals surface area (Å²) >= 11 is 5.31. The van der Waals surface area contributed by atoms with Gasteiger partial charge in [0.05, 0.1) is 16.4 Å².